The van der Waals surface area contributed by atoms with Crippen LogP contribution < -0.4 is 5.73 Å². The third-order valence-corrected chi connectivity index (χ3v) is 3.19. The molecule has 4 heteroatoms. The minimum atomic E-state index is 0.394. The topological polar surface area (TPSA) is 35.2 Å². The predicted molar refractivity (Wildman–Crippen MR) is 82.3 cm³/mol. The maximum atomic E-state index is 5.83. The summed E-state index contributed by atoms with van der Waals surface area (Å²) in [6.07, 6.45) is 0. The van der Waals surface area contributed by atoms with Crippen LogP contribution in [0.3, 0.4) is 0 Å². The highest BCUT2D eigenvalue weighted by molar-refractivity contribution is 7.80. The lowest BCUT2D eigenvalue weighted by molar-refractivity contribution is 0.107. The smallest absolute Gasteiger partial charge is 0.104 e. The molecule has 0 heterocycles. The molecule has 2 N–H and O–H groups in total. The fourth-order valence-corrected chi connectivity index (χ4v) is 2.07. The van der Waals surface area contributed by atoms with Gasteiger partial charge in [-0.25, -0.2) is 0 Å². The van der Waals surface area contributed by atoms with Crippen LogP contribution in [0.15, 0.2) is 48.5 Å². The molecule has 0 aliphatic carbocycles. The summed E-state index contributed by atoms with van der Waals surface area (Å²) in [6, 6.07) is 15.3. The zero-order valence-electron chi connectivity index (χ0n) is 10.3. The molecule has 19 heavy (non-hydrogen) atoms. The van der Waals surface area contributed by atoms with E-state index in [1.807, 2.05) is 48.5 Å². The van der Waals surface area contributed by atoms with E-state index in [1.165, 1.54) is 0 Å². The lowest BCUT2D eigenvalue weighted by Gasteiger charge is -2.09. The van der Waals surface area contributed by atoms with Gasteiger partial charge < -0.3 is 10.5 Å². The van der Waals surface area contributed by atoms with Gasteiger partial charge in [-0.1, -0.05) is 60.2 Å². The van der Waals surface area contributed by atoms with Gasteiger partial charge in [-0.3, -0.25) is 0 Å². The number of rotatable bonds is 5. The average Bonchev–Trinajstić information content (AvgIpc) is 2.41. The van der Waals surface area contributed by atoms with Gasteiger partial charge in [0.15, 0.2) is 0 Å². The van der Waals surface area contributed by atoms with Crippen molar-refractivity contribution in [3.63, 3.8) is 0 Å². The summed E-state index contributed by atoms with van der Waals surface area (Å²) in [5.41, 5.74) is 8.63. The van der Waals surface area contributed by atoms with Gasteiger partial charge in [0, 0.05) is 10.6 Å². The third kappa shape index (κ3) is 4.03. The van der Waals surface area contributed by atoms with E-state index in [0.717, 1.165) is 21.7 Å². The van der Waals surface area contributed by atoms with Crippen LogP contribution in [-0.2, 0) is 18.0 Å². The second kappa shape index (κ2) is 6.66. The first-order valence-electron chi connectivity index (χ1n) is 5.86. The summed E-state index contributed by atoms with van der Waals surface area (Å²) in [4.78, 5) is 0.394. The van der Waals surface area contributed by atoms with E-state index in [0.29, 0.717) is 18.2 Å². The SMILES string of the molecule is NC(=S)c1ccccc1COCc1ccc(Cl)cc1. The highest BCUT2D eigenvalue weighted by Gasteiger charge is 2.04. The monoisotopic (exact) mass is 291 g/mol. The van der Waals surface area contributed by atoms with E-state index in [2.05, 4.69) is 0 Å². The Labute approximate surface area is 123 Å². The zero-order chi connectivity index (χ0) is 13.7. The number of hydrogen-bond donors (Lipinski definition) is 1. The lowest BCUT2D eigenvalue weighted by Crippen LogP contribution is -2.12. The summed E-state index contributed by atoms with van der Waals surface area (Å²) in [5, 5.41) is 0.725. The Balaban J connectivity index is 1.96. The van der Waals surface area contributed by atoms with Gasteiger partial charge >= 0.3 is 0 Å². The first-order chi connectivity index (χ1) is 9.16. The lowest BCUT2D eigenvalue weighted by atomic mass is 10.1. The zero-order valence-corrected chi connectivity index (χ0v) is 11.9. The highest BCUT2D eigenvalue weighted by Crippen LogP contribution is 2.13. The van der Waals surface area contributed by atoms with Crippen molar-refractivity contribution in [2.24, 2.45) is 5.73 Å². The molecule has 0 saturated carbocycles. The molecule has 0 radical (unpaired) electrons. The molecule has 0 amide bonds. The van der Waals surface area contributed by atoms with Crippen molar-refractivity contribution in [1.82, 2.24) is 0 Å². The molecule has 0 fully saturated rings. The van der Waals surface area contributed by atoms with Crippen molar-refractivity contribution in [2.45, 2.75) is 13.2 Å². The molecule has 2 aromatic rings. The number of halogens is 1. The molecular formula is C15H14ClNOS. The molecule has 0 aliphatic heterocycles. The van der Waals surface area contributed by atoms with Crippen LogP contribution in [0.2, 0.25) is 5.02 Å². The fourth-order valence-electron chi connectivity index (χ4n) is 1.75. The normalized spacial score (nSPS) is 10.4. The fraction of sp³-hybridized carbons (Fsp3) is 0.133. The third-order valence-electron chi connectivity index (χ3n) is 2.72. The number of hydrogen-bond acceptors (Lipinski definition) is 2. The molecule has 2 aromatic carbocycles. The Hall–Kier alpha value is -1.42. The van der Waals surface area contributed by atoms with Crippen LogP contribution in [0.4, 0.5) is 0 Å². The number of ether oxygens (including phenoxy) is 1. The van der Waals surface area contributed by atoms with Crippen molar-refractivity contribution in [2.75, 3.05) is 0 Å². The van der Waals surface area contributed by atoms with Gasteiger partial charge in [0.05, 0.1) is 13.2 Å². The average molecular weight is 292 g/mol. The van der Waals surface area contributed by atoms with Crippen molar-refractivity contribution in [1.29, 1.82) is 0 Å². The van der Waals surface area contributed by atoms with Crippen LogP contribution in [0, 0.1) is 0 Å². The summed E-state index contributed by atoms with van der Waals surface area (Å²) >= 11 is 10.8. The van der Waals surface area contributed by atoms with Crippen molar-refractivity contribution in [3.8, 4) is 0 Å². The number of benzene rings is 2. The van der Waals surface area contributed by atoms with Gasteiger partial charge in [0.2, 0.25) is 0 Å². The molecule has 98 valence electrons. The predicted octanol–water partition coefficient (Wildman–Crippen LogP) is 3.69. The minimum absolute atomic E-state index is 0.394. The Bertz CT molecular complexity index is 569. The van der Waals surface area contributed by atoms with E-state index in [1.54, 1.807) is 0 Å². The van der Waals surface area contributed by atoms with Gasteiger partial charge in [0.25, 0.3) is 0 Å². The number of thiocarbonyl (C=S) groups is 1. The van der Waals surface area contributed by atoms with Crippen LogP contribution in [0.25, 0.3) is 0 Å². The molecule has 0 aromatic heterocycles. The van der Waals surface area contributed by atoms with Crippen LogP contribution in [0.5, 0.6) is 0 Å². The van der Waals surface area contributed by atoms with E-state index < -0.39 is 0 Å². The Morgan fingerprint density at radius 3 is 2.42 bits per heavy atom. The van der Waals surface area contributed by atoms with E-state index in [9.17, 15) is 0 Å². The molecular weight excluding hydrogens is 278 g/mol. The summed E-state index contributed by atoms with van der Waals surface area (Å²) in [7, 11) is 0. The number of nitrogens with two attached hydrogens (primary N) is 1. The van der Waals surface area contributed by atoms with Crippen LogP contribution in [-0.4, -0.2) is 4.99 Å². The molecule has 0 saturated heterocycles. The molecule has 0 spiro atoms. The van der Waals surface area contributed by atoms with E-state index in [-0.39, 0.29) is 0 Å². The van der Waals surface area contributed by atoms with Crippen molar-refractivity contribution < 1.29 is 4.74 Å². The second-order valence-corrected chi connectivity index (χ2v) is 5.02. The quantitative estimate of drug-likeness (QED) is 0.853. The van der Waals surface area contributed by atoms with Gasteiger partial charge in [-0.2, -0.15) is 0 Å². The van der Waals surface area contributed by atoms with E-state index in [4.69, 9.17) is 34.3 Å². The highest BCUT2D eigenvalue weighted by atomic mass is 35.5. The van der Waals surface area contributed by atoms with Crippen molar-refractivity contribution >= 4 is 28.8 Å². The molecule has 0 unspecified atom stereocenters. The molecule has 0 atom stereocenters. The van der Waals surface area contributed by atoms with Gasteiger partial charge in [-0.05, 0) is 23.3 Å². The molecule has 2 rings (SSSR count). The largest absolute Gasteiger partial charge is 0.389 e. The Kier molecular flexibility index (Phi) is 4.91. The van der Waals surface area contributed by atoms with Gasteiger partial charge in [-0.15, -0.1) is 0 Å². The first kappa shape index (κ1) is 14.0. The molecule has 0 aliphatic rings. The molecule has 0 bridgehead atoms. The maximum Gasteiger partial charge on any atom is 0.104 e. The second-order valence-electron chi connectivity index (χ2n) is 4.14. The first-order valence-corrected chi connectivity index (χ1v) is 6.65. The van der Waals surface area contributed by atoms with E-state index >= 15 is 0 Å². The van der Waals surface area contributed by atoms with Crippen LogP contribution in [0.1, 0.15) is 16.7 Å². The summed E-state index contributed by atoms with van der Waals surface area (Å²) < 4.78 is 5.68. The minimum Gasteiger partial charge on any atom is -0.389 e. The van der Waals surface area contributed by atoms with Crippen LogP contribution >= 0.6 is 23.8 Å². The summed E-state index contributed by atoms with van der Waals surface area (Å²) in [5.74, 6) is 0. The van der Waals surface area contributed by atoms with Crippen molar-refractivity contribution in [3.05, 3.63) is 70.2 Å². The van der Waals surface area contributed by atoms with Gasteiger partial charge in [0.1, 0.15) is 4.99 Å². The Morgan fingerprint density at radius 2 is 1.74 bits per heavy atom. The standard InChI is InChI=1S/C15H14ClNOS/c16-13-7-5-11(6-8-13)9-18-10-12-3-1-2-4-14(12)15(17)19/h1-8H,9-10H2,(H2,17,19). The maximum absolute atomic E-state index is 5.83. The summed E-state index contributed by atoms with van der Waals surface area (Å²) in [6.45, 7) is 1.01. The molecule has 2 nitrogen and oxygen atoms in total. The Morgan fingerprint density at radius 1 is 1.05 bits per heavy atom.